The van der Waals surface area contributed by atoms with Crippen molar-refractivity contribution < 1.29 is 19.4 Å². The summed E-state index contributed by atoms with van der Waals surface area (Å²) in [4.78, 5) is 40.2. The van der Waals surface area contributed by atoms with E-state index in [0.717, 1.165) is 22.0 Å². The molecule has 0 unspecified atom stereocenters. The lowest BCUT2D eigenvalue weighted by Gasteiger charge is -2.36. The van der Waals surface area contributed by atoms with Gasteiger partial charge in [-0.2, -0.15) is 0 Å². The molecular formula is C28H32N2O4. The number of amides is 1. The molecule has 0 atom stereocenters. The van der Waals surface area contributed by atoms with E-state index in [0.29, 0.717) is 31.9 Å². The highest BCUT2D eigenvalue weighted by Gasteiger charge is 2.34. The molecule has 1 amide bonds. The first-order valence-electron chi connectivity index (χ1n) is 11.8. The fourth-order valence-corrected chi connectivity index (χ4v) is 3.91. The maximum Gasteiger partial charge on any atom is 0.361 e. The van der Waals surface area contributed by atoms with Crippen LogP contribution in [0.1, 0.15) is 38.1 Å². The summed E-state index contributed by atoms with van der Waals surface area (Å²) in [6, 6.07) is 21.3. The van der Waals surface area contributed by atoms with Crippen LogP contribution in [-0.2, 0) is 9.68 Å². The third-order valence-corrected chi connectivity index (χ3v) is 6.95. The third kappa shape index (κ3) is 4.86. The number of carbonyl (C=O) groups is 2. The molecular weight excluding hydrogens is 428 g/mol. The smallest absolute Gasteiger partial charge is 0.361 e. The van der Waals surface area contributed by atoms with Crippen LogP contribution in [-0.4, -0.2) is 43.0 Å². The molecule has 0 radical (unpaired) electrons. The van der Waals surface area contributed by atoms with Gasteiger partial charge in [-0.25, -0.2) is 9.68 Å². The molecule has 3 aromatic carbocycles. The van der Waals surface area contributed by atoms with Crippen molar-refractivity contribution in [3.8, 4) is 5.75 Å². The van der Waals surface area contributed by atoms with E-state index in [-0.39, 0.29) is 11.8 Å². The Hall–Kier alpha value is -3.54. The van der Waals surface area contributed by atoms with Crippen molar-refractivity contribution in [3.63, 3.8) is 0 Å². The first-order chi connectivity index (χ1) is 16.3. The van der Waals surface area contributed by atoms with Crippen molar-refractivity contribution in [3.05, 3.63) is 72.3 Å². The van der Waals surface area contributed by atoms with Crippen LogP contribution in [0.15, 0.2) is 66.7 Å². The second-order valence-corrected chi connectivity index (χ2v) is 9.63. The highest BCUT2D eigenvalue weighted by atomic mass is 17.2. The van der Waals surface area contributed by atoms with Crippen LogP contribution >= 0.6 is 0 Å². The zero-order valence-electron chi connectivity index (χ0n) is 20.3. The molecule has 1 aliphatic heterocycles. The number of rotatable bonds is 6. The fraction of sp³-hybridized carbons (Fsp3) is 0.357. The summed E-state index contributed by atoms with van der Waals surface area (Å²) in [7, 11) is 0. The summed E-state index contributed by atoms with van der Waals surface area (Å²) in [6.45, 7) is 10.3. The highest BCUT2D eigenvalue weighted by molar-refractivity contribution is 6.07. The van der Waals surface area contributed by atoms with Crippen LogP contribution in [0.4, 0.5) is 5.69 Å². The van der Waals surface area contributed by atoms with E-state index < -0.39 is 11.4 Å². The SMILES string of the molecule is CC(C)C(C)(C)C(=O)OOc1cccc(N2CCN(C(=O)c3cccc4ccccc34)CC2)c1. The number of carbonyl (C=O) groups excluding carboxylic acids is 2. The van der Waals surface area contributed by atoms with E-state index in [1.54, 1.807) is 6.07 Å². The van der Waals surface area contributed by atoms with Gasteiger partial charge in [0.1, 0.15) is 0 Å². The van der Waals surface area contributed by atoms with Gasteiger partial charge in [0, 0.05) is 43.5 Å². The quantitative estimate of drug-likeness (QED) is 0.368. The van der Waals surface area contributed by atoms with Crippen molar-refractivity contribution >= 4 is 28.3 Å². The van der Waals surface area contributed by atoms with E-state index in [1.165, 1.54) is 0 Å². The van der Waals surface area contributed by atoms with Crippen molar-refractivity contribution in [2.24, 2.45) is 11.3 Å². The molecule has 0 aromatic heterocycles. The largest absolute Gasteiger partial charge is 0.368 e. The highest BCUT2D eigenvalue weighted by Crippen LogP contribution is 2.29. The summed E-state index contributed by atoms with van der Waals surface area (Å²) < 4.78 is 0. The Morgan fingerprint density at radius 2 is 1.56 bits per heavy atom. The van der Waals surface area contributed by atoms with Gasteiger partial charge >= 0.3 is 5.97 Å². The average molecular weight is 461 g/mol. The van der Waals surface area contributed by atoms with E-state index in [1.807, 2.05) is 93.3 Å². The monoisotopic (exact) mass is 460 g/mol. The molecule has 0 aliphatic carbocycles. The molecule has 6 heteroatoms. The van der Waals surface area contributed by atoms with E-state index >= 15 is 0 Å². The third-order valence-electron chi connectivity index (χ3n) is 6.95. The molecule has 0 N–H and O–H groups in total. The topological polar surface area (TPSA) is 59.1 Å². The van der Waals surface area contributed by atoms with Crippen molar-refractivity contribution in [1.29, 1.82) is 0 Å². The maximum atomic E-state index is 13.2. The van der Waals surface area contributed by atoms with Crippen LogP contribution in [0.5, 0.6) is 5.75 Å². The predicted octanol–water partition coefficient (Wildman–Crippen LogP) is 5.32. The van der Waals surface area contributed by atoms with Crippen molar-refractivity contribution in [1.82, 2.24) is 4.90 Å². The zero-order chi connectivity index (χ0) is 24.3. The Bertz CT molecular complexity index is 1170. The van der Waals surface area contributed by atoms with Gasteiger partial charge in [-0.1, -0.05) is 56.3 Å². The summed E-state index contributed by atoms with van der Waals surface area (Å²) >= 11 is 0. The molecule has 4 rings (SSSR count). The molecule has 1 heterocycles. The summed E-state index contributed by atoms with van der Waals surface area (Å²) in [5.74, 6) is 0.268. The molecule has 3 aromatic rings. The Morgan fingerprint density at radius 1 is 0.882 bits per heavy atom. The van der Waals surface area contributed by atoms with Gasteiger partial charge < -0.3 is 9.80 Å². The number of fused-ring (bicyclic) bond motifs is 1. The van der Waals surface area contributed by atoms with Crippen molar-refractivity contribution in [2.45, 2.75) is 27.7 Å². The van der Waals surface area contributed by atoms with Crippen molar-refractivity contribution in [2.75, 3.05) is 31.1 Å². The first kappa shape index (κ1) is 23.6. The Morgan fingerprint density at radius 3 is 2.29 bits per heavy atom. The lowest BCUT2D eigenvalue weighted by atomic mass is 9.81. The van der Waals surface area contributed by atoms with E-state index in [9.17, 15) is 9.59 Å². The molecule has 178 valence electrons. The second-order valence-electron chi connectivity index (χ2n) is 9.63. The molecule has 0 spiro atoms. The van der Waals surface area contributed by atoms with E-state index in [4.69, 9.17) is 9.78 Å². The zero-order valence-corrected chi connectivity index (χ0v) is 20.3. The average Bonchev–Trinajstić information content (AvgIpc) is 2.86. The standard InChI is InChI=1S/C28H32N2O4/c1-20(2)28(3,4)27(32)34-33-23-12-8-11-22(19-23)29-15-17-30(18-16-29)26(31)25-14-7-10-21-9-5-6-13-24(21)25/h5-14,19-20H,15-18H2,1-4H3. The Balaban J connectivity index is 1.38. The number of benzene rings is 3. The molecule has 0 saturated carbocycles. The lowest BCUT2D eigenvalue weighted by molar-refractivity contribution is -0.226. The maximum absolute atomic E-state index is 13.2. The van der Waals surface area contributed by atoms with Gasteiger partial charge in [0.25, 0.3) is 5.91 Å². The number of hydrogen-bond acceptors (Lipinski definition) is 5. The van der Waals surface area contributed by atoms with E-state index in [2.05, 4.69) is 4.90 Å². The van der Waals surface area contributed by atoms with Crippen LogP contribution in [0.2, 0.25) is 0 Å². The second kappa shape index (κ2) is 9.75. The van der Waals surface area contributed by atoms with Gasteiger partial charge in [0.05, 0.1) is 5.41 Å². The summed E-state index contributed by atoms with van der Waals surface area (Å²) in [5.41, 5.74) is 1.08. The first-order valence-corrected chi connectivity index (χ1v) is 11.8. The Labute approximate surface area is 201 Å². The molecule has 0 bridgehead atoms. The number of piperazine rings is 1. The normalized spacial score (nSPS) is 14.4. The van der Waals surface area contributed by atoms with Crippen LogP contribution in [0.25, 0.3) is 10.8 Å². The Kier molecular flexibility index (Phi) is 6.77. The minimum absolute atomic E-state index is 0.0632. The van der Waals surface area contributed by atoms with Crippen LogP contribution in [0.3, 0.4) is 0 Å². The predicted molar refractivity (Wildman–Crippen MR) is 134 cm³/mol. The molecule has 34 heavy (non-hydrogen) atoms. The lowest BCUT2D eigenvalue weighted by Crippen LogP contribution is -2.48. The molecule has 1 fully saturated rings. The molecule has 6 nitrogen and oxygen atoms in total. The molecule has 1 aliphatic rings. The minimum atomic E-state index is -0.634. The van der Waals surface area contributed by atoms with Gasteiger partial charge in [0.15, 0.2) is 5.75 Å². The molecule has 1 saturated heterocycles. The van der Waals surface area contributed by atoms with Gasteiger partial charge in [0.2, 0.25) is 0 Å². The van der Waals surface area contributed by atoms with Crippen LogP contribution < -0.4 is 9.79 Å². The van der Waals surface area contributed by atoms with Crippen LogP contribution in [0, 0.1) is 11.3 Å². The van der Waals surface area contributed by atoms with Gasteiger partial charge in [-0.15, -0.1) is 0 Å². The number of hydrogen-bond donors (Lipinski definition) is 0. The fourth-order valence-electron chi connectivity index (χ4n) is 3.91. The number of nitrogens with zero attached hydrogens (tertiary/aromatic N) is 2. The summed E-state index contributed by atoms with van der Waals surface area (Å²) in [5, 5.41) is 2.05. The summed E-state index contributed by atoms with van der Waals surface area (Å²) in [6.07, 6.45) is 0. The van der Waals surface area contributed by atoms with Gasteiger partial charge in [-0.3, -0.25) is 9.68 Å². The van der Waals surface area contributed by atoms with Gasteiger partial charge in [-0.05, 0) is 48.7 Å². The number of anilines is 1. The minimum Gasteiger partial charge on any atom is -0.368 e.